The molecule has 2 N–H and O–H groups in total. The average Bonchev–Trinajstić information content (AvgIpc) is 2.91. The first-order chi connectivity index (χ1) is 20.0. The molecular formula is C30H42F6N2O5. The van der Waals surface area contributed by atoms with Gasteiger partial charge in [-0.3, -0.25) is 14.4 Å². The number of alkyl halides is 6. The SMILES string of the molecule is CCCCCCCCCCCC(=O)N[C@H](C(=O)N[C@@H](C)C(=O)COC(=O)c1c(C(F)(F)F)cccc1C(F)(F)F)C(C)C. The van der Waals surface area contributed by atoms with Crippen molar-refractivity contribution in [2.75, 3.05) is 6.61 Å². The Hall–Kier alpha value is -3.12. The van der Waals surface area contributed by atoms with Gasteiger partial charge in [-0.2, -0.15) is 26.3 Å². The van der Waals surface area contributed by atoms with E-state index in [1.165, 1.54) is 32.6 Å². The van der Waals surface area contributed by atoms with Gasteiger partial charge < -0.3 is 15.4 Å². The molecule has 0 spiro atoms. The third kappa shape index (κ3) is 13.4. The molecule has 0 heterocycles. The van der Waals surface area contributed by atoms with Gasteiger partial charge in [0.2, 0.25) is 11.8 Å². The van der Waals surface area contributed by atoms with Gasteiger partial charge in [-0.1, -0.05) is 78.2 Å². The Morgan fingerprint density at radius 2 is 1.26 bits per heavy atom. The van der Waals surface area contributed by atoms with Gasteiger partial charge in [-0.15, -0.1) is 0 Å². The van der Waals surface area contributed by atoms with Crippen LogP contribution in [0.1, 0.15) is 113 Å². The van der Waals surface area contributed by atoms with Crippen LogP contribution >= 0.6 is 0 Å². The van der Waals surface area contributed by atoms with Gasteiger partial charge >= 0.3 is 18.3 Å². The van der Waals surface area contributed by atoms with Crippen LogP contribution in [0.4, 0.5) is 26.3 Å². The molecule has 0 saturated heterocycles. The fraction of sp³-hybridized carbons (Fsp3) is 0.667. The maximum absolute atomic E-state index is 13.3. The number of esters is 1. The van der Waals surface area contributed by atoms with Crippen LogP contribution in [0, 0.1) is 5.92 Å². The van der Waals surface area contributed by atoms with Gasteiger partial charge in [-0.25, -0.2) is 4.79 Å². The van der Waals surface area contributed by atoms with Crippen molar-refractivity contribution < 1.29 is 50.3 Å². The van der Waals surface area contributed by atoms with Gasteiger partial charge in [-0.05, 0) is 31.4 Å². The number of hydrogen-bond donors (Lipinski definition) is 2. The summed E-state index contributed by atoms with van der Waals surface area (Å²) >= 11 is 0. The highest BCUT2D eigenvalue weighted by Crippen LogP contribution is 2.39. The Morgan fingerprint density at radius 1 is 0.767 bits per heavy atom. The van der Waals surface area contributed by atoms with Crippen molar-refractivity contribution >= 4 is 23.6 Å². The number of hydrogen-bond acceptors (Lipinski definition) is 5. The number of Topliss-reactive ketones (excluding diaryl/α,β-unsaturated/α-hetero) is 1. The predicted molar refractivity (Wildman–Crippen MR) is 148 cm³/mol. The van der Waals surface area contributed by atoms with E-state index in [4.69, 9.17) is 0 Å². The normalized spacial score (nSPS) is 13.4. The Morgan fingerprint density at radius 3 is 1.72 bits per heavy atom. The van der Waals surface area contributed by atoms with Crippen LogP contribution in [0.5, 0.6) is 0 Å². The van der Waals surface area contributed by atoms with Crippen molar-refractivity contribution in [2.45, 2.75) is 116 Å². The van der Waals surface area contributed by atoms with Gasteiger partial charge in [0.15, 0.2) is 12.4 Å². The van der Waals surface area contributed by atoms with E-state index in [1.807, 2.05) is 0 Å². The molecule has 0 unspecified atom stereocenters. The summed E-state index contributed by atoms with van der Waals surface area (Å²) in [6.45, 7) is 5.52. The standard InChI is InChI=1S/C30H42F6N2O5/c1-5-6-7-8-9-10-11-12-13-17-24(40)38-26(19(2)3)27(41)37-20(4)23(39)18-43-28(42)25-21(29(31,32)33)15-14-16-22(25)30(34,35)36/h14-16,19-20,26H,5-13,17-18H2,1-4H3,(H,37,41)(H,38,40)/t20-,26-/m0/s1. The molecule has 7 nitrogen and oxygen atoms in total. The Balaban J connectivity index is 2.68. The summed E-state index contributed by atoms with van der Waals surface area (Å²) in [6.07, 6.45) is -0.729. The van der Waals surface area contributed by atoms with E-state index in [1.54, 1.807) is 13.8 Å². The number of unbranched alkanes of at least 4 members (excludes halogenated alkanes) is 8. The lowest BCUT2D eigenvalue weighted by molar-refractivity contribution is -0.144. The van der Waals surface area contributed by atoms with Crippen LogP contribution in [-0.2, 0) is 31.5 Å². The Bertz CT molecular complexity index is 1040. The van der Waals surface area contributed by atoms with Crippen molar-refractivity contribution in [3.05, 3.63) is 34.9 Å². The van der Waals surface area contributed by atoms with Gasteiger partial charge in [0, 0.05) is 6.42 Å². The molecule has 2 atom stereocenters. The van der Waals surface area contributed by atoms with Gasteiger partial charge in [0.1, 0.15) is 6.04 Å². The molecule has 0 fully saturated rings. The van der Waals surface area contributed by atoms with Crippen LogP contribution in [0.25, 0.3) is 0 Å². The highest BCUT2D eigenvalue weighted by Gasteiger charge is 2.43. The van der Waals surface area contributed by atoms with E-state index in [9.17, 15) is 45.5 Å². The molecule has 0 saturated carbocycles. The van der Waals surface area contributed by atoms with E-state index in [2.05, 4.69) is 22.3 Å². The van der Waals surface area contributed by atoms with E-state index in [-0.39, 0.29) is 18.2 Å². The second-order valence-electron chi connectivity index (χ2n) is 10.9. The zero-order chi connectivity index (χ0) is 32.8. The lowest BCUT2D eigenvalue weighted by atomic mass is 10.00. The number of benzene rings is 1. The summed E-state index contributed by atoms with van der Waals surface area (Å²) in [5.74, 6) is -4.40. The fourth-order valence-electron chi connectivity index (χ4n) is 4.34. The number of ether oxygens (including phenoxy) is 1. The molecule has 0 aromatic heterocycles. The molecule has 0 radical (unpaired) electrons. The minimum Gasteiger partial charge on any atom is -0.454 e. The molecule has 0 aliphatic carbocycles. The largest absolute Gasteiger partial charge is 0.454 e. The summed E-state index contributed by atoms with van der Waals surface area (Å²) < 4.78 is 84.5. The van der Waals surface area contributed by atoms with Crippen LogP contribution in [0.3, 0.4) is 0 Å². The molecule has 244 valence electrons. The van der Waals surface area contributed by atoms with Crippen LogP contribution in [-0.4, -0.2) is 42.3 Å². The van der Waals surface area contributed by atoms with Crippen LogP contribution < -0.4 is 10.6 Å². The smallest absolute Gasteiger partial charge is 0.417 e. The third-order valence-electron chi connectivity index (χ3n) is 6.84. The molecule has 13 heteroatoms. The quantitative estimate of drug-likeness (QED) is 0.104. The molecule has 1 aromatic carbocycles. The first kappa shape index (κ1) is 37.9. The summed E-state index contributed by atoms with van der Waals surface area (Å²) in [6, 6.07) is -1.22. The minimum absolute atomic E-state index is 0.218. The minimum atomic E-state index is -5.30. The lowest BCUT2D eigenvalue weighted by Gasteiger charge is -2.24. The number of carbonyl (C=O) groups excluding carboxylic acids is 4. The fourth-order valence-corrected chi connectivity index (χ4v) is 4.34. The van der Waals surface area contributed by atoms with Gasteiger partial charge in [0.25, 0.3) is 0 Å². The highest BCUT2D eigenvalue weighted by molar-refractivity contribution is 5.97. The molecule has 0 aliphatic rings. The van der Waals surface area contributed by atoms with E-state index in [0.717, 1.165) is 25.7 Å². The summed E-state index contributed by atoms with van der Waals surface area (Å²) in [5, 5.41) is 4.99. The molecule has 0 aliphatic heterocycles. The zero-order valence-corrected chi connectivity index (χ0v) is 25.1. The van der Waals surface area contributed by atoms with Crippen molar-refractivity contribution in [2.24, 2.45) is 5.92 Å². The number of amides is 2. The second kappa shape index (κ2) is 17.9. The number of rotatable bonds is 18. The number of nitrogens with one attached hydrogen (secondary N) is 2. The molecule has 43 heavy (non-hydrogen) atoms. The zero-order valence-electron chi connectivity index (χ0n) is 25.1. The first-order valence-electron chi connectivity index (χ1n) is 14.6. The molecule has 1 aromatic rings. The lowest BCUT2D eigenvalue weighted by Crippen LogP contribution is -2.53. The number of ketones is 1. The number of carbonyl (C=O) groups is 4. The maximum Gasteiger partial charge on any atom is 0.417 e. The Kier molecular flexibility index (Phi) is 15.7. The molecule has 2 amide bonds. The van der Waals surface area contributed by atoms with Crippen LogP contribution in [0.2, 0.25) is 0 Å². The van der Waals surface area contributed by atoms with Crippen LogP contribution in [0.15, 0.2) is 18.2 Å². The number of halogens is 6. The summed E-state index contributed by atoms with van der Waals surface area (Å²) in [5.41, 5.74) is -5.49. The Labute approximate surface area is 248 Å². The first-order valence-corrected chi connectivity index (χ1v) is 14.6. The summed E-state index contributed by atoms with van der Waals surface area (Å²) in [7, 11) is 0. The monoisotopic (exact) mass is 624 g/mol. The molecular weight excluding hydrogens is 582 g/mol. The second-order valence-corrected chi connectivity index (χ2v) is 10.9. The maximum atomic E-state index is 13.3. The van der Waals surface area contributed by atoms with Crippen molar-refractivity contribution in [1.82, 2.24) is 10.6 Å². The van der Waals surface area contributed by atoms with Gasteiger partial charge in [0.05, 0.1) is 22.7 Å². The van der Waals surface area contributed by atoms with Crippen molar-refractivity contribution in [3.8, 4) is 0 Å². The average molecular weight is 625 g/mol. The topological polar surface area (TPSA) is 102 Å². The molecule has 1 rings (SSSR count). The highest BCUT2D eigenvalue weighted by atomic mass is 19.4. The third-order valence-corrected chi connectivity index (χ3v) is 6.84. The van der Waals surface area contributed by atoms with E-state index in [0.29, 0.717) is 24.6 Å². The molecule has 0 bridgehead atoms. The van der Waals surface area contributed by atoms with E-state index < -0.39 is 65.4 Å². The van der Waals surface area contributed by atoms with Crippen molar-refractivity contribution in [3.63, 3.8) is 0 Å². The van der Waals surface area contributed by atoms with Crippen molar-refractivity contribution in [1.29, 1.82) is 0 Å². The predicted octanol–water partition coefficient (Wildman–Crippen LogP) is 7.02. The van der Waals surface area contributed by atoms with E-state index >= 15 is 0 Å². The summed E-state index contributed by atoms with van der Waals surface area (Å²) in [4.78, 5) is 50.0.